The van der Waals surface area contributed by atoms with Gasteiger partial charge >= 0.3 is 99.2 Å². The summed E-state index contributed by atoms with van der Waals surface area (Å²) in [5, 5.41) is 0. The molecule has 0 heterocycles. The Kier molecular flexibility index (Phi) is 14.8. The number of benzene rings is 4. The van der Waals surface area contributed by atoms with Gasteiger partial charge in [0.2, 0.25) is 0 Å². The molecule has 0 aliphatic heterocycles. The van der Waals surface area contributed by atoms with Crippen molar-refractivity contribution in [3.05, 3.63) is 150 Å². The minimum atomic E-state index is 0. The van der Waals surface area contributed by atoms with Crippen molar-refractivity contribution in [2.45, 2.75) is 52.6 Å². The van der Waals surface area contributed by atoms with E-state index in [1.54, 1.807) is 0 Å². The summed E-state index contributed by atoms with van der Waals surface area (Å²) in [6, 6.07) is 38.9. The summed E-state index contributed by atoms with van der Waals surface area (Å²) in [5.41, 5.74) is 9.39. The Morgan fingerprint density at radius 1 is 0.707 bits per heavy atom. The van der Waals surface area contributed by atoms with Crippen molar-refractivity contribution in [2.75, 3.05) is 4.90 Å². The summed E-state index contributed by atoms with van der Waals surface area (Å²) in [7, 11) is 0. The van der Waals surface area contributed by atoms with Crippen molar-refractivity contribution in [1.82, 2.24) is 0 Å². The summed E-state index contributed by atoms with van der Waals surface area (Å²) in [5.74, 6) is 0. The van der Waals surface area contributed by atoms with Crippen molar-refractivity contribution in [1.29, 1.82) is 0 Å². The first-order chi connectivity index (χ1) is 19.0. The normalized spacial score (nSPS) is 11.7. The molecule has 1 nitrogen and oxygen atoms in total. The van der Waals surface area contributed by atoms with Gasteiger partial charge in [-0.3, -0.25) is 6.08 Å². The van der Waals surface area contributed by atoms with Crippen molar-refractivity contribution in [3.8, 4) is 11.1 Å². The van der Waals surface area contributed by atoms with Crippen LogP contribution in [0.2, 0.25) is 0 Å². The van der Waals surface area contributed by atoms with Crippen LogP contribution in [-0.2, 0) is 30.7 Å². The van der Waals surface area contributed by atoms with E-state index in [0.29, 0.717) is 12.1 Å². The van der Waals surface area contributed by atoms with Gasteiger partial charge < -0.3 is 29.7 Å². The number of anilines is 1. The molecule has 0 saturated carbocycles. The van der Waals surface area contributed by atoms with E-state index in [2.05, 4.69) is 148 Å². The minimum absolute atomic E-state index is 0. The molecule has 2 aliphatic rings. The summed E-state index contributed by atoms with van der Waals surface area (Å²) in [6.07, 6.45) is 11.0. The van der Waals surface area contributed by atoms with Gasteiger partial charge in [-0.1, -0.05) is 41.1 Å². The zero-order valence-corrected chi connectivity index (χ0v) is 28.2. The molecule has 0 spiro atoms. The molecule has 0 aromatic heterocycles. The van der Waals surface area contributed by atoms with E-state index >= 15 is 0 Å². The molecule has 0 atom stereocenters. The Balaban J connectivity index is 0.000000244. The van der Waals surface area contributed by atoms with Crippen LogP contribution >= 0.6 is 0 Å². The third-order valence-electron chi connectivity index (χ3n) is 6.79. The molecule has 210 valence electrons. The monoisotopic (exact) mass is 655 g/mol. The number of halogens is 2. The van der Waals surface area contributed by atoms with Gasteiger partial charge in [0, 0.05) is 12.1 Å². The third-order valence-corrected chi connectivity index (χ3v) is 8.21. The maximum atomic E-state index is 3.66. The molecule has 0 bridgehead atoms. The van der Waals surface area contributed by atoms with Crippen molar-refractivity contribution < 1.29 is 49.0 Å². The average molecular weight is 658 g/mol. The molecular formula is C37H37Cl2NZr-2. The number of allylic oxidation sites excluding steroid dienone is 4. The summed E-state index contributed by atoms with van der Waals surface area (Å²) < 4.78 is 1.42. The molecule has 0 N–H and O–H groups in total. The number of fused-ring (bicyclic) bond motifs is 3. The maximum absolute atomic E-state index is 3.66. The van der Waals surface area contributed by atoms with E-state index in [9.17, 15) is 0 Å². The predicted octanol–water partition coefficient (Wildman–Crippen LogP) is 2.80. The third kappa shape index (κ3) is 9.50. The average Bonchev–Trinajstić information content (AvgIpc) is 3.65. The van der Waals surface area contributed by atoms with Crippen LogP contribution in [-0.4, -0.2) is 15.3 Å². The molecule has 2 aliphatic carbocycles. The van der Waals surface area contributed by atoms with E-state index in [1.165, 1.54) is 66.5 Å². The first-order valence-corrected chi connectivity index (χ1v) is 15.0. The molecule has 0 amide bonds. The Bertz CT molecular complexity index is 1370. The van der Waals surface area contributed by atoms with Crippen LogP contribution in [0.5, 0.6) is 0 Å². The molecule has 4 heteroatoms. The zero-order chi connectivity index (χ0) is 27.6. The van der Waals surface area contributed by atoms with Crippen molar-refractivity contribution in [2.24, 2.45) is 0 Å². The molecule has 41 heavy (non-hydrogen) atoms. The van der Waals surface area contributed by atoms with Crippen LogP contribution in [0.25, 0.3) is 11.1 Å². The van der Waals surface area contributed by atoms with Gasteiger partial charge in [-0.15, -0.1) is 23.6 Å². The molecular weight excluding hydrogens is 621 g/mol. The van der Waals surface area contributed by atoms with Gasteiger partial charge in [-0.05, 0) is 34.1 Å². The Morgan fingerprint density at radius 2 is 1.27 bits per heavy atom. The second kappa shape index (κ2) is 17.4. The molecule has 4 aromatic carbocycles. The molecule has 6 rings (SSSR count). The molecule has 0 fully saturated rings. The van der Waals surface area contributed by atoms with Gasteiger partial charge in [0.05, 0.1) is 0 Å². The van der Waals surface area contributed by atoms with Gasteiger partial charge in [0.25, 0.3) is 0 Å². The van der Waals surface area contributed by atoms with Crippen LogP contribution < -0.4 is 29.7 Å². The molecule has 0 saturated heterocycles. The first kappa shape index (κ1) is 34.7. The number of nitrogens with zero attached hydrogens (tertiary/aromatic N) is 1. The second-order valence-electron chi connectivity index (χ2n) is 10.3. The van der Waals surface area contributed by atoms with Crippen LogP contribution in [0.1, 0.15) is 56.4 Å². The van der Waals surface area contributed by atoms with Crippen LogP contribution in [0.4, 0.5) is 5.69 Å². The van der Waals surface area contributed by atoms with Crippen LogP contribution in [0.3, 0.4) is 0 Å². The van der Waals surface area contributed by atoms with Gasteiger partial charge in [0.1, 0.15) is 0 Å². The van der Waals surface area contributed by atoms with Gasteiger partial charge in [0.15, 0.2) is 0 Å². The SMILES string of the molecule is CC(C)N(c1[c-]c2c(cc1)-c1ccccc1C2)C(C)C.[C-]1=CC=CC1.[Cl-].[Cl-].[Zr+2]=[C](c1ccccc1)c1ccccc1. The van der Waals surface area contributed by atoms with Crippen LogP contribution in [0, 0.1) is 12.1 Å². The number of hydrogen-bond donors (Lipinski definition) is 0. The Labute approximate surface area is 274 Å². The topological polar surface area (TPSA) is 3.24 Å². The summed E-state index contributed by atoms with van der Waals surface area (Å²) in [4.78, 5) is 2.43. The standard InChI is InChI=1S/C19H22N.C13H10.C5H5.2ClH.Zr/c1-13(2)20(14(3)4)17-9-10-19-16(12-17)11-15-7-5-6-8-18(15)19;1-3-7-12(8-4-1)11-13-9-5-2-6-10-13;1-2-4-5-3-1;;;/h5-10,13-14H,11H2,1-4H3;1-10H;1-3H,4H2;2*1H;/q-1;;-1;;;+2/p-2. The fourth-order valence-corrected chi connectivity index (χ4v) is 5.88. The van der Waals surface area contributed by atoms with E-state index in [-0.39, 0.29) is 24.8 Å². The quantitative estimate of drug-likeness (QED) is 0.263. The zero-order valence-electron chi connectivity index (χ0n) is 24.2. The fourth-order valence-electron chi connectivity index (χ4n) is 5.07. The fraction of sp³-hybridized carbons (Fsp3) is 0.216. The second-order valence-corrected chi connectivity index (χ2v) is 11.5. The first-order valence-electron chi connectivity index (χ1n) is 13.8. The Morgan fingerprint density at radius 3 is 1.76 bits per heavy atom. The van der Waals surface area contributed by atoms with E-state index in [0.717, 1.165) is 12.8 Å². The Hall–Kier alpha value is -2.51. The summed E-state index contributed by atoms with van der Waals surface area (Å²) >= 11 is 1.46. The number of hydrogen-bond acceptors (Lipinski definition) is 1. The van der Waals surface area contributed by atoms with Crippen molar-refractivity contribution in [3.63, 3.8) is 0 Å². The van der Waals surface area contributed by atoms with Crippen LogP contribution in [0.15, 0.2) is 115 Å². The molecule has 0 unspecified atom stereocenters. The van der Waals surface area contributed by atoms with E-state index < -0.39 is 0 Å². The number of rotatable bonds is 5. The predicted molar refractivity (Wildman–Crippen MR) is 164 cm³/mol. The van der Waals surface area contributed by atoms with Gasteiger partial charge in [-0.2, -0.15) is 18.2 Å². The van der Waals surface area contributed by atoms with E-state index in [1.807, 2.05) is 12.2 Å². The molecule has 4 aromatic rings. The van der Waals surface area contributed by atoms with Crippen molar-refractivity contribution >= 4 is 8.89 Å². The summed E-state index contributed by atoms with van der Waals surface area (Å²) in [6.45, 7) is 8.98. The molecule has 0 radical (unpaired) electrons. The van der Waals surface area contributed by atoms with Gasteiger partial charge in [-0.25, -0.2) is 12.2 Å². The van der Waals surface area contributed by atoms with E-state index in [4.69, 9.17) is 0 Å².